The molecule has 1 aromatic carbocycles. The van der Waals surface area contributed by atoms with Crippen LogP contribution in [0.1, 0.15) is 54.4 Å². The van der Waals surface area contributed by atoms with Gasteiger partial charge in [0.2, 0.25) is 0 Å². The number of carboxylic acids is 1. The van der Waals surface area contributed by atoms with Gasteiger partial charge in [-0.1, -0.05) is 19.1 Å². The average molecular weight is 439 g/mol. The maximum absolute atomic E-state index is 12.8. The third-order valence-corrected chi connectivity index (χ3v) is 4.00. The first-order valence-electron chi connectivity index (χ1n) is 7.36. The van der Waals surface area contributed by atoms with Gasteiger partial charge in [0, 0.05) is 18.5 Å². The minimum Gasteiger partial charge on any atom is -0.481 e. The van der Waals surface area contributed by atoms with Gasteiger partial charge in [-0.2, -0.15) is 8.78 Å². The highest BCUT2D eigenvalue weighted by atomic mass is 127. The van der Waals surface area contributed by atoms with Gasteiger partial charge in [0.05, 0.1) is 6.42 Å². The van der Waals surface area contributed by atoms with Gasteiger partial charge < -0.3 is 10.4 Å². The molecule has 128 valence electrons. The molecule has 1 aromatic rings. The van der Waals surface area contributed by atoms with E-state index in [-0.39, 0.29) is 31.2 Å². The summed E-state index contributed by atoms with van der Waals surface area (Å²) in [6.07, 6.45) is 0.835. The standard InChI is InChI=1S/C16H20F2INO3/c1-11(3-2-9-16(17,18)19)12-4-6-13(7-5-12)15(23)20-10-8-14(21)22/h4-7,11H,2-3,8-10H2,1H3,(H,20,23)(H,21,22). The lowest BCUT2D eigenvalue weighted by atomic mass is 9.94. The van der Waals surface area contributed by atoms with Crippen LogP contribution in [0.4, 0.5) is 8.78 Å². The Bertz CT molecular complexity index is 529. The van der Waals surface area contributed by atoms with Gasteiger partial charge in [0.15, 0.2) is 0 Å². The summed E-state index contributed by atoms with van der Waals surface area (Å²) in [7, 11) is 0. The zero-order valence-electron chi connectivity index (χ0n) is 12.8. The van der Waals surface area contributed by atoms with Gasteiger partial charge in [-0.3, -0.25) is 9.59 Å². The first-order valence-corrected chi connectivity index (χ1v) is 8.43. The average Bonchev–Trinajstić information content (AvgIpc) is 2.45. The minimum absolute atomic E-state index is 0.0802. The highest BCUT2D eigenvalue weighted by Crippen LogP contribution is 2.31. The Kier molecular flexibility index (Phi) is 7.87. The van der Waals surface area contributed by atoms with Crippen molar-refractivity contribution < 1.29 is 23.5 Å². The Morgan fingerprint density at radius 2 is 1.91 bits per heavy atom. The third-order valence-electron chi connectivity index (χ3n) is 3.46. The SMILES string of the molecule is CC(CCCC(F)(F)I)c1ccc(C(=O)NCCC(=O)O)cc1. The molecule has 0 bridgehead atoms. The van der Waals surface area contributed by atoms with Crippen molar-refractivity contribution in [2.24, 2.45) is 0 Å². The van der Waals surface area contributed by atoms with E-state index >= 15 is 0 Å². The normalized spacial score (nSPS) is 12.7. The second-order valence-electron chi connectivity index (χ2n) is 5.43. The van der Waals surface area contributed by atoms with E-state index in [0.717, 1.165) is 28.2 Å². The van der Waals surface area contributed by atoms with E-state index in [0.29, 0.717) is 18.4 Å². The van der Waals surface area contributed by atoms with E-state index in [1.807, 2.05) is 6.92 Å². The van der Waals surface area contributed by atoms with Crippen LogP contribution in [0.2, 0.25) is 0 Å². The summed E-state index contributed by atoms with van der Waals surface area (Å²) >= 11 is 1.15. The van der Waals surface area contributed by atoms with Crippen molar-refractivity contribution in [1.82, 2.24) is 5.32 Å². The van der Waals surface area contributed by atoms with E-state index in [4.69, 9.17) is 5.11 Å². The molecule has 1 unspecified atom stereocenters. The second kappa shape index (κ2) is 9.14. The van der Waals surface area contributed by atoms with Crippen LogP contribution in [0.5, 0.6) is 0 Å². The van der Waals surface area contributed by atoms with Crippen molar-refractivity contribution in [3.05, 3.63) is 35.4 Å². The minimum atomic E-state index is -2.66. The molecule has 0 fully saturated rings. The van der Waals surface area contributed by atoms with Crippen LogP contribution in [-0.2, 0) is 4.79 Å². The van der Waals surface area contributed by atoms with E-state index in [2.05, 4.69) is 5.32 Å². The topological polar surface area (TPSA) is 66.4 Å². The number of nitrogens with one attached hydrogen (secondary N) is 1. The molecule has 23 heavy (non-hydrogen) atoms. The van der Waals surface area contributed by atoms with Crippen LogP contribution < -0.4 is 5.32 Å². The number of aliphatic carboxylic acids is 1. The van der Waals surface area contributed by atoms with Crippen molar-refractivity contribution >= 4 is 34.5 Å². The fraction of sp³-hybridized carbons (Fsp3) is 0.500. The van der Waals surface area contributed by atoms with Crippen molar-refractivity contribution in [3.8, 4) is 0 Å². The maximum atomic E-state index is 12.8. The first-order chi connectivity index (χ1) is 10.7. The second-order valence-corrected chi connectivity index (χ2v) is 7.01. The smallest absolute Gasteiger partial charge is 0.305 e. The molecule has 0 aromatic heterocycles. The molecule has 0 aliphatic carbocycles. The molecule has 0 saturated carbocycles. The molecule has 0 aliphatic heterocycles. The third kappa shape index (κ3) is 8.24. The van der Waals surface area contributed by atoms with E-state index < -0.39 is 9.90 Å². The van der Waals surface area contributed by atoms with E-state index in [1.54, 1.807) is 24.3 Å². The largest absolute Gasteiger partial charge is 0.481 e. The number of alkyl halides is 3. The number of carboxylic acid groups (broad SMARTS) is 1. The lowest BCUT2D eigenvalue weighted by Gasteiger charge is -2.14. The lowest BCUT2D eigenvalue weighted by Crippen LogP contribution is -2.25. The molecule has 0 spiro atoms. The molecule has 1 rings (SSSR count). The number of rotatable bonds is 9. The number of amides is 1. The number of halogens is 3. The molecule has 1 amide bonds. The highest BCUT2D eigenvalue weighted by Gasteiger charge is 2.23. The van der Waals surface area contributed by atoms with Gasteiger partial charge in [-0.15, -0.1) is 0 Å². The maximum Gasteiger partial charge on any atom is 0.305 e. The molecule has 1 atom stereocenters. The molecule has 4 nitrogen and oxygen atoms in total. The molecule has 0 radical (unpaired) electrons. The summed E-state index contributed by atoms with van der Waals surface area (Å²) in [5.74, 6) is -1.15. The summed E-state index contributed by atoms with van der Waals surface area (Å²) in [5.41, 5.74) is 1.44. The van der Waals surface area contributed by atoms with Gasteiger partial charge >= 0.3 is 5.97 Å². The summed E-state index contributed by atoms with van der Waals surface area (Å²) < 4.78 is 22.9. The van der Waals surface area contributed by atoms with Crippen molar-refractivity contribution in [3.63, 3.8) is 0 Å². The van der Waals surface area contributed by atoms with Crippen LogP contribution >= 0.6 is 22.6 Å². The molecule has 2 N–H and O–H groups in total. The Hall–Kier alpha value is -1.25. The zero-order valence-corrected chi connectivity index (χ0v) is 15.0. The quantitative estimate of drug-likeness (QED) is 0.448. The van der Waals surface area contributed by atoms with Crippen LogP contribution in [-0.4, -0.2) is 27.5 Å². The van der Waals surface area contributed by atoms with Gasteiger partial charge in [-0.25, -0.2) is 0 Å². The highest BCUT2D eigenvalue weighted by molar-refractivity contribution is 14.1. The first kappa shape index (κ1) is 19.8. The monoisotopic (exact) mass is 439 g/mol. The lowest BCUT2D eigenvalue weighted by molar-refractivity contribution is -0.136. The van der Waals surface area contributed by atoms with Crippen molar-refractivity contribution in [2.45, 2.75) is 42.5 Å². The Morgan fingerprint density at radius 3 is 2.43 bits per heavy atom. The number of hydrogen-bond acceptors (Lipinski definition) is 2. The molecular weight excluding hydrogens is 419 g/mol. The molecule has 7 heteroatoms. The number of carbonyl (C=O) groups excluding carboxylic acids is 1. The van der Waals surface area contributed by atoms with Gasteiger partial charge in [0.1, 0.15) is 0 Å². The molecular formula is C16H20F2INO3. The Labute approximate surface area is 147 Å². The molecule has 0 heterocycles. The zero-order chi connectivity index (χ0) is 17.5. The number of carbonyl (C=O) groups is 2. The summed E-state index contributed by atoms with van der Waals surface area (Å²) in [5, 5.41) is 11.0. The van der Waals surface area contributed by atoms with Crippen molar-refractivity contribution in [2.75, 3.05) is 6.54 Å². The summed E-state index contributed by atoms with van der Waals surface area (Å²) in [6, 6.07) is 6.93. The Morgan fingerprint density at radius 1 is 1.30 bits per heavy atom. The number of benzene rings is 1. The van der Waals surface area contributed by atoms with Crippen molar-refractivity contribution in [1.29, 1.82) is 0 Å². The fourth-order valence-electron chi connectivity index (χ4n) is 2.12. The number of hydrogen-bond donors (Lipinski definition) is 2. The molecule has 0 aliphatic rings. The molecule has 0 saturated heterocycles. The predicted octanol–water partition coefficient (Wildman–Crippen LogP) is 4.19. The summed E-state index contributed by atoms with van der Waals surface area (Å²) in [6.45, 7) is 2.05. The van der Waals surface area contributed by atoms with E-state index in [9.17, 15) is 18.4 Å². The van der Waals surface area contributed by atoms with Crippen LogP contribution in [0, 0.1) is 0 Å². The Balaban J connectivity index is 2.48. The van der Waals surface area contributed by atoms with Crippen LogP contribution in [0.25, 0.3) is 0 Å². The van der Waals surface area contributed by atoms with E-state index in [1.165, 1.54) is 0 Å². The van der Waals surface area contributed by atoms with Crippen LogP contribution in [0.3, 0.4) is 0 Å². The van der Waals surface area contributed by atoms with Crippen LogP contribution in [0.15, 0.2) is 24.3 Å². The fourth-order valence-corrected chi connectivity index (χ4v) is 2.50. The predicted molar refractivity (Wildman–Crippen MR) is 92.3 cm³/mol. The summed E-state index contributed by atoms with van der Waals surface area (Å²) in [4.78, 5) is 22.2. The van der Waals surface area contributed by atoms with Gasteiger partial charge in [0.25, 0.3) is 9.84 Å². The van der Waals surface area contributed by atoms with Gasteiger partial charge in [-0.05, 0) is 59.0 Å².